The van der Waals surface area contributed by atoms with Crippen molar-refractivity contribution in [2.75, 3.05) is 0 Å². The van der Waals surface area contributed by atoms with Crippen molar-refractivity contribution in [3.63, 3.8) is 0 Å². The first-order valence-electron chi connectivity index (χ1n) is 6.35. The average Bonchev–Trinajstić information content (AvgIpc) is 3.01. The van der Waals surface area contributed by atoms with Gasteiger partial charge in [0, 0.05) is 29.7 Å². The molecule has 0 fully saturated rings. The molecule has 0 saturated heterocycles. The predicted octanol–water partition coefficient (Wildman–Crippen LogP) is 3.04. The van der Waals surface area contributed by atoms with Crippen molar-refractivity contribution < 1.29 is 0 Å². The van der Waals surface area contributed by atoms with E-state index in [-0.39, 0.29) is 0 Å². The molecule has 2 rings (SSSR count). The molecule has 4 heteroatoms. The summed E-state index contributed by atoms with van der Waals surface area (Å²) in [6.45, 7) is 2.23. The second-order valence-electron chi connectivity index (χ2n) is 4.46. The van der Waals surface area contributed by atoms with Gasteiger partial charge in [0.05, 0.1) is 12.7 Å². The normalized spacial score (nSPS) is 12.8. The first-order valence-corrected chi connectivity index (χ1v) is 6.35. The molecule has 1 atom stereocenters. The molecule has 2 N–H and O–H groups in total. The molecule has 0 aliphatic carbocycles. The van der Waals surface area contributed by atoms with Gasteiger partial charge >= 0.3 is 0 Å². The number of nitrogens with one attached hydrogen (secondary N) is 2. The van der Waals surface area contributed by atoms with Crippen molar-refractivity contribution in [2.24, 2.45) is 0 Å². The van der Waals surface area contributed by atoms with Gasteiger partial charge in [-0.2, -0.15) is 0 Å². The van der Waals surface area contributed by atoms with Crippen molar-refractivity contribution >= 4 is 0 Å². The highest BCUT2D eigenvalue weighted by Gasteiger charge is 2.11. The summed E-state index contributed by atoms with van der Waals surface area (Å²) >= 11 is 0. The van der Waals surface area contributed by atoms with Gasteiger partial charge in [-0.15, -0.1) is 0 Å². The number of aryl methyl sites for hydroxylation is 1. The van der Waals surface area contributed by atoms with Crippen LogP contribution >= 0.6 is 0 Å². The molecule has 2 heterocycles. The van der Waals surface area contributed by atoms with Gasteiger partial charge < -0.3 is 9.97 Å². The number of imidazole rings is 2. The summed E-state index contributed by atoms with van der Waals surface area (Å²) in [6, 6.07) is 0. The van der Waals surface area contributed by atoms with E-state index in [1.807, 2.05) is 12.4 Å². The highest BCUT2D eigenvalue weighted by atomic mass is 14.9. The Morgan fingerprint density at radius 2 is 1.94 bits per heavy atom. The van der Waals surface area contributed by atoms with E-state index >= 15 is 0 Å². The Hall–Kier alpha value is -1.58. The van der Waals surface area contributed by atoms with Crippen molar-refractivity contribution in [1.82, 2.24) is 19.9 Å². The van der Waals surface area contributed by atoms with Gasteiger partial charge in [0.15, 0.2) is 0 Å². The molecule has 4 nitrogen and oxygen atoms in total. The summed E-state index contributed by atoms with van der Waals surface area (Å²) in [5.41, 5.74) is 2.50. The molecular formula is C13H20N4. The molecule has 0 aromatic carbocycles. The fourth-order valence-electron chi connectivity index (χ4n) is 2.25. The molecular weight excluding hydrogens is 212 g/mol. The van der Waals surface area contributed by atoms with E-state index in [4.69, 9.17) is 0 Å². The highest BCUT2D eigenvalue weighted by molar-refractivity contribution is 5.03. The molecule has 2 aromatic rings. The molecule has 0 saturated carbocycles. The number of aromatic nitrogens is 4. The topological polar surface area (TPSA) is 57.4 Å². The Morgan fingerprint density at radius 1 is 1.12 bits per heavy atom. The van der Waals surface area contributed by atoms with Crippen molar-refractivity contribution in [2.45, 2.75) is 44.9 Å². The Bertz CT molecular complexity index is 391. The van der Waals surface area contributed by atoms with E-state index in [1.165, 1.54) is 37.1 Å². The fourth-order valence-corrected chi connectivity index (χ4v) is 2.25. The second kappa shape index (κ2) is 6.23. The lowest BCUT2D eigenvalue weighted by Crippen LogP contribution is -2.00. The molecule has 0 bridgehead atoms. The number of hydrogen-bond donors (Lipinski definition) is 2. The van der Waals surface area contributed by atoms with Crippen LogP contribution in [0.15, 0.2) is 25.0 Å². The summed E-state index contributed by atoms with van der Waals surface area (Å²) in [4.78, 5) is 14.5. The number of nitrogens with zero attached hydrogens (tertiary/aromatic N) is 2. The van der Waals surface area contributed by atoms with E-state index in [1.54, 1.807) is 12.7 Å². The van der Waals surface area contributed by atoms with Gasteiger partial charge in [0.2, 0.25) is 0 Å². The van der Waals surface area contributed by atoms with Crippen LogP contribution in [0.5, 0.6) is 0 Å². The summed E-state index contributed by atoms with van der Waals surface area (Å²) in [6.07, 6.45) is 13.3. The van der Waals surface area contributed by atoms with Crippen LogP contribution in [0.25, 0.3) is 0 Å². The lowest BCUT2D eigenvalue weighted by molar-refractivity contribution is 0.534. The molecule has 1 unspecified atom stereocenters. The minimum absolute atomic E-state index is 0.616. The van der Waals surface area contributed by atoms with Gasteiger partial charge in [-0.25, -0.2) is 9.97 Å². The van der Waals surface area contributed by atoms with Crippen LogP contribution in [-0.4, -0.2) is 19.9 Å². The lowest BCUT2D eigenvalue weighted by atomic mass is 9.94. The number of H-pyrrole nitrogens is 2. The van der Waals surface area contributed by atoms with E-state index in [0.29, 0.717) is 5.92 Å². The first-order chi connectivity index (χ1) is 8.40. The van der Waals surface area contributed by atoms with Crippen LogP contribution in [0, 0.1) is 0 Å². The molecule has 0 aliphatic rings. The van der Waals surface area contributed by atoms with Crippen LogP contribution in [0.1, 0.15) is 49.9 Å². The highest BCUT2D eigenvalue weighted by Crippen LogP contribution is 2.24. The van der Waals surface area contributed by atoms with Gasteiger partial charge in [-0.3, -0.25) is 0 Å². The average molecular weight is 232 g/mol. The van der Waals surface area contributed by atoms with Crippen LogP contribution in [-0.2, 0) is 6.42 Å². The minimum Gasteiger partial charge on any atom is -0.348 e. The second-order valence-corrected chi connectivity index (χ2v) is 4.46. The van der Waals surface area contributed by atoms with Gasteiger partial charge in [-0.05, 0) is 25.7 Å². The van der Waals surface area contributed by atoms with Gasteiger partial charge in [-0.1, -0.05) is 13.3 Å². The van der Waals surface area contributed by atoms with Gasteiger partial charge in [0.25, 0.3) is 0 Å². The fraction of sp³-hybridized carbons (Fsp3) is 0.538. The number of hydrogen-bond acceptors (Lipinski definition) is 2. The molecule has 2 aromatic heterocycles. The summed E-state index contributed by atoms with van der Waals surface area (Å²) in [5, 5.41) is 0. The van der Waals surface area contributed by atoms with Crippen LogP contribution in [0.2, 0.25) is 0 Å². The largest absolute Gasteiger partial charge is 0.348 e. The zero-order valence-electron chi connectivity index (χ0n) is 10.3. The monoisotopic (exact) mass is 232 g/mol. The SMILES string of the molecule is CCCC(CCCc1cnc[nH]1)c1cnc[nH]1. The molecule has 0 aliphatic heterocycles. The van der Waals surface area contributed by atoms with Gasteiger partial charge in [0.1, 0.15) is 0 Å². The van der Waals surface area contributed by atoms with E-state index < -0.39 is 0 Å². The Balaban J connectivity index is 1.82. The molecule has 17 heavy (non-hydrogen) atoms. The smallest absolute Gasteiger partial charge is 0.0921 e. The summed E-state index contributed by atoms with van der Waals surface area (Å²) in [7, 11) is 0. The number of aromatic amines is 2. The first kappa shape index (κ1) is 11.9. The molecule has 0 spiro atoms. The number of rotatable bonds is 7. The zero-order chi connectivity index (χ0) is 11.9. The molecule has 0 radical (unpaired) electrons. The third kappa shape index (κ3) is 3.44. The Morgan fingerprint density at radius 3 is 2.59 bits per heavy atom. The maximum Gasteiger partial charge on any atom is 0.0921 e. The maximum atomic E-state index is 4.11. The summed E-state index contributed by atoms with van der Waals surface area (Å²) < 4.78 is 0. The summed E-state index contributed by atoms with van der Waals surface area (Å²) in [5.74, 6) is 0.616. The van der Waals surface area contributed by atoms with E-state index in [2.05, 4.69) is 26.9 Å². The van der Waals surface area contributed by atoms with E-state index in [0.717, 1.165) is 6.42 Å². The standard InChI is InChI=1S/C13H20N4/c1-2-4-11(13-8-15-10-17-13)5-3-6-12-7-14-9-16-12/h7-11H,2-6H2,1H3,(H,14,16)(H,15,17). The lowest BCUT2D eigenvalue weighted by Gasteiger charge is -2.13. The van der Waals surface area contributed by atoms with Crippen molar-refractivity contribution in [3.05, 3.63) is 36.4 Å². The molecule has 0 amide bonds. The van der Waals surface area contributed by atoms with Crippen molar-refractivity contribution in [3.8, 4) is 0 Å². The van der Waals surface area contributed by atoms with Crippen LogP contribution < -0.4 is 0 Å². The third-order valence-corrected chi connectivity index (χ3v) is 3.15. The van der Waals surface area contributed by atoms with Crippen molar-refractivity contribution in [1.29, 1.82) is 0 Å². The van der Waals surface area contributed by atoms with Crippen LogP contribution in [0.4, 0.5) is 0 Å². The van der Waals surface area contributed by atoms with Crippen LogP contribution in [0.3, 0.4) is 0 Å². The Kier molecular flexibility index (Phi) is 4.36. The minimum atomic E-state index is 0.616. The maximum absolute atomic E-state index is 4.11. The predicted molar refractivity (Wildman–Crippen MR) is 67.8 cm³/mol. The van der Waals surface area contributed by atoms with E-state index in [9.17, 15) is 0 Å². The Labute approximate surface area is 102 Å². The zero-order valence-corrected chi connectivity index (χ0v) is 10.3. The quantitative estimate of drug-likeness (QED) is 0.771. The molecule has 92 valence electrons. The third-order valence-electron chi connectivity index (χ3n) is 3.15.